The summed E-state index contributed by atoms with van der Waals surface area (Å²) in [5.41, 5.74) is 1.58. The first kappa shape index (κ1) is 21.8. The zero-order valence-electron chi connectivity index (χ0n) is 18.0. The highest BCUT2D eigenvalue weighted by Crippen LogP contribution is 2.34. The maximum atomic E-state index is 12.5. The van der Waals surface area contributed by atoms with Crippen LogP contribution in [0.2, 0.25) is 0 Å². The number of methoxy groups -OCH3 is 1. The minimum Gasteiger partial charge on any atom is -0.495 e. The number of nitrogens with zero attached hydrogens (tertiary/aromatic N) is 2. The number of amides is 1. The van der Waals surface area contributed by atoms with Crippen molar-refractivity contribution in [3.8, 4) is 17.2 Å². The van der Waals surface area contributed by atoms with E-state index in [2.05, 4.69) is 15.1 Å². The number of carbonyl (C=O) groups excluding carboxylic acids is 1. The third kappa shape index (κ3) is 5.05. The van der Waals surface area contributed by atoms with Gasteiger partial charge in [-0.25, -0.2) is 0 Å². The molecule has 4 rings (SSSR count). The highest BCUT2D eigenvalue weighted by Gasteiger charge is 2.27. The number of hydrogen-bond donors (Lipinski definition) is 2. The van der Waals surface area contributed by atoms with Gasteiger partial charge in [0.2, 0.25) is 12.7 Å². The molecule has 0 saturated carbocycles. The normalized spacial score (nSPS) is 16.5. The molecule has 0 bridgehead atoms. The summed E-state index contributed by atoms with van der Waals surface area (Å²) in [5.74, 6) is -0.0996. The van der Waals surface area contributed by atoms with Crippen LogP contribution in [-0.2, 0) is 9.59 Å². The first-order chi connectivity index (χ1) is 15.5. The van der Waals surface area contributed by atoms with Gasteiger partial charge in [0.25, 0.3) is 0 Å². The van der Waals surface area contributed by atoms with Gasteiger partial charge in [-0.1, -0.05) is 12.1 Å². The second-order valence-electron chi connectivity index (χ2n) is 7.82. The molecule has 2 aromatic rings. The Balaban J connectivity index is 1.30. The van der Waals surface area contributed by atoms with Crippen molar-refractivity contribution >= 4 is 23.3 Å². The van der Waals surface area contributed by atoms with E-state index < -0.39 is 11.9 Å². The lowest BCUT2D eigenvalue weighted by Crippen LogP contribution is -2.49. The molecule has 2 N–H and O–H groups in total. The number of anilines is 2. The first-order valence-corrected chi connectivity index (χ1v) is 10.6. The summed E-state index contributed by atoms with van der Waals surface area (Å²) in [6, 6.07) is 13.0. The van der Waals surface area contributed by atoms with Gasteiger partial charge in [-0.15, -0.1) is 0 Å². The Hall–Kier alpha value is -3.46. The molecule has 32 heavy (non-hydrogen) atoms. The minimum absolute atomic E-state index is 0.101. The number of carboxylic acids is 1. The lowest BCUT2D eigenvalue weighted by atomic mass is 10.0. The monoisotopic (exact) mass is 441 g/mol. The Bertz CT molecular complexity index is 974. The number of carboxylic acid groups (broad SMARTS) is 1. The minimum atomic E-state index is -0.974. The van der Waals surface area contributed by atoms with Crippen LogP contribution in [0.25, 0.3) is 0 Å². The van der Waals surface area contributed by atoms with Crippen molar-refractivity contribution < 1.29 is 28.9 Å². The third-order valence-electron chi connectivity index (χ3n) is 5.71. The van der Waals surface area contributed by atoms with Crippen molar-refractivity contribution in [3.05, 3.63) is 42.5 Å². The summed E-state index contributed by atoms with van der Waals surface area (Å²) < 4.78 is 16.0. The molecule has 0 radical (unpaired) electrons. The Morgan fingerprint density at radius 2 is 1.84 bits per heavy atom. The van der Waals surface area contributed by atoms with Gasteiger partial charge < -0.3 is 29.5 Å². The highest BCUT2D eigenvalue weighted by atomic mass is 16.7. The smallest absolute Gasteiger partial charge is 0.308 e. The topological polar surface area (TPSA) is 101 Å². The Morgan fingerprint density at radius 1 is 1.09 bits per heavy atom. The maximum Gasteiger partial charge on any atom is 0.308 e. The van der Waals surface area contributed by atoms with Crippen LogP contribution in [0.5, 0.6) is 17.2 Å². The maximum absolute atomic E-state index is 12.5. The van der Waals surface area contributed by atoms with Crippen molar-refractivity contribution in [1.29, 1.82) is 0 Å². The van der Waals surface area contributed by atoms with Gasteiger partial charge >= 0.3 is 5.97 Å². The molecule has 0 spiro atoms. The molecule has 1 amide bonds. The Labute approximate surface area is 186 Å². The lowest BCUT2D eigenvalue weighted by Gasteiger charge is -2.37. The van der Waals surface area contributed by atoms with Crippen LogP contribution < -0.4 is 24.4 Å². The van der Waals surface area contributed by atoms with Crippen molar-refractivity contribution in [2.75, 3.05) is 56.8 Å². The summed E-state index contributed by atoms with van der Waals surface area (Å²) in [5, 5.41) is 12.4. The molecule has 2 aliphatic rings. The molecule has 1 fully saturated rings. The number of piperazine rings is 1. The molecular weight excluding hydrogens is 414 g/mol. The van der Waals surface area contributed by atoms with Gasteiger partial charge in [-0.05, 0) is 24.3 Å². The summed E-state index contributed by atoms with van der Waals surface area (Å²) in [4.78, 5) is 28.6. The number of aliphatic carboxylic acids is 1. The number of para-hydroxylation sites is 2. The average Bonchev–Trinajstić information content (AvgIpc) is 3.27. The molecule has 0 aliphatic carbocycles. The van der Waals surface area contributed by atoms with E-state index in [0.29, 0.717) is 36.8 Å². The molecule has 2 heterocycles. The number of fused-ring (bicyclic) bond motifs is 1. The van der Waals surface area contributed by atoms with E-state index >= 15 is 0 Å². The van der Waals surface area contributed by atoms with E-state index in [1.807, 2.05) is 24.3 Å². The van der Waals surface area contributed by atoms with E-state index in [0.717, 1.165) is 24.5 Å². The second kappa shape index (κ2) is 9.78. The number of nitrogens with one attached hydrogen (secondary N) is 1. The Kier molecular flexibility index (Phi) is 6.65. The van der Waals surface area contributed by atoms with E-state index in [-0.39, 0.29) is 19.1 Å². The summed E-state index contributed by atoms with van der Waals surface area (Å²) >= 11 is 0. The van der Waals surface area contributed by atoms with E-state index in [9.17, 15) is 14.7 Å². The molecule has 2 aliphatic heterocycles. The summed E-state index contributed by atoms with van der Waals surface area (Å²) in [6.45, 7) is 3.42. The zero-order chi connectivity index (χ0) is 22.5. The van der Waals surface area contributed by atoms with Crippen LogP contribution in [0.4, 0.5) is 11.4 Å². The fraction of sp³-hybridized carbons (Fsp3) is 0.391. The first-order valence-electron chi connectivity index (χ1n) is 10.6. The summed E-state index contributed by atoms with van der Waals surface area (Å²) in [6.07, 6.45) is -0.101. The van der Waals surface area contributed by atoms with Crippen molar-refractivity contribution in [2.45, 2.75) is 6.42 Å². The van der Waals surface area contributed by atoms with E-state index in [4.69, 9.17) is 14.2 Å². The average molecular weight is 441 g/mol. The number of carbonyl (C=O) groups is 2. The molecule has 1 atom stereocenters. The van der Waals surface area contributed by atoms with Gasteiger partial charge in [0.15, 0.2) is 11.5 Å². The van der Waals surface area contributed by atoms with Gasteiger partial charge in [0, 0.05) is 50.9 Å². The number of hydrogen-bond acceptors (Lipinski definition) is 7. The standard InChI is InChI=1S/C23H27N3O6/c1-30-19-5-3-2-4-18(19)26-10-8-25(9-11-26)14-16(23(28)29)12-22(27)24-17-6-7-20-21(13-17)32-15-31-20/h2-7,13,16H,8-12,14-15H2,1H3,(H,24,27)(H,28,29)/t16-/m1/s1. The molecule has 0 aromatic heterocycles. The van der Waals surface area contributed by atoms with Gasteiger partial charge in [-0.3, -0.25) is 14.5 Å². The molecular formula is C23H27N3O6. The van der Waals surface area contributed by atoms with Gasteiger partial charge in [-0.2, -0.15) is 0 Å². The van der Waals surface area contributed by atoms with Crippen LogP contribution in [-0.4, -0.2) is 68.5 Å². The molecule has 0 unspecified atom stereocenters. The number of benzene rings is 2. The van der Waals surface area contributed by atoms with Crippen molar-refractivity contribution in [3.63, 3.8) is 0 Å². The molecule has 1 saturated heterocycles. The fourth-order valence-corrected chi connectivity index (χ4v) is 4.01. The van der Waals surface area contributed by atoms with Crippen LogP contribution in [0.1, 0.15) is 6.42 Å². The highest BCUT2D eigenvalue weighted by molar-refractivity contribution is 5.93. The third-order valence-corrected chi connectivity index (χ3v) is 5.71. The molecule has 9 heteroatoms. The predicted octanol–water partition coefficient (Wildman–Crippen LogP) is 2.28. The van der Waals surface area contributed by atoms with Gasteiger partial charge in [0.05, 0.1) is 18.7 Å². The van der Waals surface area contributed by atoms with Crippen LogP contribution >= 0.6 is 0 Å². The molecule has 170 valence electrons. The SMILES string of the molecule is COc1ccccc1N1CCN(C[C@@H](CC(=O)Nc2ccc3c(c2)OCO3)C(=O)O)CC1. The largest absolute Gasteiger partial charge is 0.495 e. The van der Waals surface area contributed by atoms with Crippen LogP contribution in [0.3, 0.4) is 0 Å². The fourth-order valence-electron chi connectivity index (χ4n) is 4.01. The quantitative estimate of drug-likeness (QED) is 0.644. The van der Waals surface area contributed by atoms with Crippen molar-refractivity contribution in [2.24, 2.45) is 5.92 Å². The summed E-state index contributed by atoms with van der Waals surface area (Å²) in [7, 11) is 1.65. The Morgan fingerprint density at radius 3 is 2.59 bits per heavy atom. The van der Waals surface area contributed by atoms with Crippen LogP contribution in [0.15, 0.2) is 42.5 Å². The van der Waals surface area contributed by atoms with Crippen molar-refractivity contribution in [1.82, 2.24) is 4.90 Å². The second-order valence-corrected chi connectivity index (χ2v) is 7.82. The zero-order valence-corrected chi connectivity index (χ0v) is 18.0. The van der Waals surface area contributed by atoms with Crippen LogP contribution in [0, 0.1) is 5.92 Å². The van der Waals surface area contributed by atoms with E-state index in [1.165, 1.54) is 0 Å². The molecule has 9 nitrogen and oxygen atoms in total. The van der Waals surface area contributed by atoms with E-state index in [1.54, 1.807) is 25.3 Å². The predicted molar refractivity (Wildman–Crippen MR) is 119 cm³/mol. The lowest BCUT2D eigenvalue weighted by molar-refractivity contribution is -0.144. The number of ether oxygens (including phenoxy) is 3. The van der Waals surface area contributed by atoms with Gasteiger partial charge in [0.1, 0.15) is 5.75 Å². The molecule has 2 aromatic carbocycles. The number of rotatable bonds is 8.